The van der Waals surface area contributed by atoms with Crippen molar-refractivity contribution in [2.75, 3.05) is 25.7 Å². The van der Waals surface area contributed by atoms with Gasteiger partial charge in [-0.2, -0.15) is 0 Å². The molecule has 8 nitrogen and oxygen atoms in total. The van der Waals surface area contributed by atoms with E-state index >= 15 is 0 Å². The number of anilines is 2. The Labute approximate surface area is 242 Å². The molecular formula is C32H27N3O5S. The lowest BCUT2D eigenvalue weighted by Crippen LogP contribution is -2.30. The number of thioether (sulfide) groups is 1. The molecule has 0 bridgehead atoms. The van der Waals surface area contributed by atoms with Gasteiger partial charge in [0.05, 0.1) is 19.1 Å². The molecule has 4 aromatic carbocycles. The van der Waals surface area contributed by atoms with E-state index in [4.69, 9.17) is 14.2 Å². The highest BCUT2D eigenvalue weighted by Gasteiger charge is 2.25. The van der Waals surface area contributed by atoms with Crippen molar-refractivity contribution in [3.05, 3.63) is 114 Å². The number of carbonyl (C=O) groups excluding carboxylic acids is 2. The lowest BCUT2D eigenvalue weighted by molar-refractivity contribution is -0.120. The highest BCUT2D eigenvalue weighted by atomic mass is 32.2. The van der Waals surface area contributed by atoms with Crippen molar-refractivity contribution in [2.45, 2.75) is 0 Å². The fourth-order valence-electron chi connectivity index (χ4n) is 4.15. The number of rotatable bonds is 9. The van der Waals surface area contributed by atoms with Crippen molar-refractivity contribution in [2.24, 2.45) is 4.99 Å². The minimum absolute atomic E-state index is 0.207. The molecule has 4 aromatic rings. The maximum absolute atomic E-state index is 13.3. The summed E-state index contributed by atoms with van der Waals surface area (Å²) in [6.45, 7) is -0.207. The number of hydrogen-bond donors (Lipinski definition) is 1. The van der Waals surface area contributed by atoms with E-state index < -0.39 is 0 Å². The molecule has 206 valence electrons. The Morgan fingerprint density at radius 1 is 0.829 bits per heavy atom. The van der Waals surface area contributed by atoms with E-state index in [0.29, 0.717) is 33.0 Å². The summed E-state index contributed by atoms with van der Waals surface area (Å²) in [5.74, 6) is 0.962. The summed E-state index contributed by atoms with van der Waals surface area (Å²) in [5.41, 5.74) is 2.83. The summed E-state index contributed by atoms with van der Waals surface area (Å²) in [4.78, 5) is 32.6. The SMILES string of the molecule is COc1ccccc1N=C1NC(=O)C(=Cc2ccc(OCC(=O)N(c3ccccc3)c3ccccc3)c(OC)c2)S1. The van der Waals surface area contributed by atoms with Gasteiger partial charge in [-0.1, -0.05) is 54.6 Å². The maximum Gasteiger partial charge on any atom is 0.269 e. The van der Waals surface area contributed by atoms with Crippen LogP contribution in [0, 0.1) is 0 Å². The van der Waals surface area contributed by atoms with E-state index in [1.165, 1.54) is 18.9 Å². The molecular weight excluding hydrogens is 538 g/mol. The molecule has 1 fully saturated rings. The van der Waals surface area contributed by atoms with E-state index in [9.17, 15) is 9.59 Å². The molecule has 0 radical (unpaired) electrons. The number of hydrogen-bond acceptors (Lipinski definition) is 7. The summed E-state index contributed by atoms with van der Waals surface area (Å²) in [7, 11) is 3.10. The third-order valence-electron chi connectivity index (χ3n) is 6.07. The monoisotopic (exact) mass is 565 g/mol. The molecule has 0 aromatic heterocycles. The fourth-order valence-corrected chi connectivity index (χ4v) is 4.99. The van der Waals surface area contributed by atoms with Gasteiger partial charge in [-0.3, -0.25) is 14.5 Å². The zero-order chi connectivity index (χ0) is 28.6. The number of methoxy groups -OCH3 is 2. The van der Waals surface area contributed by atoms with Crippen molar-refractivity contribution in [3.63, 3.8) is 0 Å². The van der Waals surface area contributed by atoms with Crippen LogP contribution in [0.1, 0.15) is 5.56 Å². The number of amidine groups is 1. The van der Waals surface area contributed by atoms with E-state index in [-0.39, 0.29) is 18.4 Å². The minimum atomic E-state index is -0.254. The summed E-state index contributed by atoms with van der Waals surface area (Å²) in [6.07, 6.45) is 1.74. The lowest BCUT2D eigenvalue weighted by Gasteiger charge is -2.23. The number of amides is 2. The second-order valence-electron chi connectivity index (χ2n) is 8.75. The molecule has 41 heavy (non-hydrogen) atoms. The quantitative estimate of drug-likeness (QED) is 0.238. The van der Waals surface area contributed by atoms with Gasteiger partial charge in [0.25, 0.3) is 11.8 Å². The molecule has 1 saturated heterocycles. The lowest BCUT2D eigenvalue weighted by atomic mass is 10.2. The predicted octanol–water partition coefficient (Wildman–Crippen LogP) is 6.34. The first-order chi connectivity index (χ1) is 20.1. The number of aliphatic imine (C=N–C) groups is 1. The predicted molar refractivity (Wildman–Crippen MR) is 162 cm³/mol. The van der Waals surface area contributed by atoms with E-state index in [0.717, 1.165) is 16.9 Å². The van der Waals surface area contributed by atoms with Crippen LogP contribution in [0.25, 0.3) is 6.08 Å². The van der Waals surface area contributed by atoms with E-state index in [1.54, 1.807) is 36.3 Å². The number of nitrogens with one attached hydrogen (secondary N) is 1. The van der Waals surface area contributed by atoms with Gasteiger partial charge in [-0.25, -0.2) is 4.99 Å². The van der Waals surface area contributed by atoms with Gasteiger partial charge in [-0.05, 0) is 71.9 Å². The van der Waals surface area contributed by atoms with Crippen LogP contribution in [-0.2, 0) is 9.59 Å². The second-order valence-corrected chi connectivity index (χ2v) is 9.78. The highest BCUT2D eigenvalue weighted by molar-refractivity contribution is 8.18. The first kappa shape index (κ1) is 27.5. The molecule has 1 N–H and O–H groups in total. The molecule has 1 aliphatic rings. The van der Waals surface area contributed by atoms with Crippen LogP contribution in [0.4, 0.5) is 17.1 Å². The number of nitrogens with zero attached hydrogens (tertiary/aromatic N) is 2. The van der Waals surface area contributed by atoms with Crippen molar-refractivity contribution in [3.8, 4) is 17.2 Å². The third-order valence-corrected chi connectivity index (χ3v) is 6.98. The Kier molecular flexibility index (Phi) is 8.66. The van der Waals surface area contributed by atoms with Crippen LogP contribution in [0.2, 0.25) is 0 Å². The molecule has 0 atom stereocenters. The van der Waals surface area contributed by atoms with Crippen molar-refractivity contribution < 1.29 is 23.8 Å². The maximum atomic E-state index is 13.3. The topological polar surface area (TPSA) is 89.5 Å². The first-order valence-corrected chi connectivity index (χ1v) is 13.5. The molecule has 0 unspecified atom stereocenters. The first-order valence-electron chi connectivity index (χ1n) is 12.7. The zero-order valence-corrected chi connectivity index (χ0v) is 23.3. The Bertz CT molecular complexity index is 1570. The van der Waals surface area contributed by atoms with Gasteiger partial charge in [0, 0.05) is 11.4 Å². The van der Waals surface area contributed by atoms with Gasteiger partial charge >= 0.3 is 0 Å². The molecule has 2 amide bonds. The summed E-state index contributed by atoms with van der Waals surface area (Å²) in [5, 5.41) is 3.24. The number of carbonyl (C=O) groups is 2. The Morgan fingerprint density at radius 3 is 2.12 bits per heavy atom. The fraction of sp³-hybridized carbons (Fsp3) is 0.0938. The molecule has 5 rings (SSSR count). The Balaban J connectivity index is 1.31. The average Bonchev–Trinajstić information content (AvgIpc) is 3.35. The zero-order valence-electron chi connectivity index (χ0n) is 22.4. The largest absolute Gasteiger partial charge is 0.494 e. The second kappa shape index (κ2) is 12.9. The van der Waals surface area contributed by atoms with Gasteiger partial charge in [0.1, 0.15) is 11.4 Å². The molecule has 0 spiro atoms. The van der Waals surface area contributed by atoms with Crippen LogP contribution < -0.4 is 24.4 Å². The van der Waals surface area contributed by atoms with Gasteiger partial charge in [0.15, 0.2) is 23.3 Å². The van der Waals surface area contributed by atoms with Gasteiger partial charge in [-0.15, -0.1) is 0 Å². The third kappa shape index (κ3) is 6.59. The van der Waals surface area contributed by atoms with Crippen molar-refractivity contribution >= 4 is 51.9 Å². The summed E-state index contributed by atoms with van der Waals surface area (Å²) >= 11 is 1.23. The molecule has 0 aliphatic carbocycles. The molecule has 1 aliphatic heterocycles. The smallest absolute Gasteiger partial charge is 0.269 e. The molecule has 9 heteroatoms. The van der Waals surface area contributed by atoms with Crippen molar-refractivity contribution in [1.82, 2.24) is 5.32 Å². The number of benzene rings is 4. The van der Waals surface area contributed by atoms with Crippen LogP contribution in [0.3, 0.4) is 0 Å². The van der Waals surface area contributed by atoms with Crippen LogP contribution in [0.15, 0.2) is 113 Å². The van der Waals surface area contributed by atoms with Crippen LogP contribution >= 0.6 is 11.8 Å². The van der Waals surface area contributed by atoms with Crippen LogP contribution in [0.5, 0.6) is 17.2 Å². The number of para-hydroxylation sites is 4. The summed E-state index contributed by atoms with van der Waals surface area (Å²) < 4.78 is 16.8. The van der Waals surface area contributed by atoms with E-state index in [2.05, 4.69) is 10.3 Å². The Hall–Kier alpha value is -5.02. The Morgan fingerprint density at radius 2 is 1.46 bits per heavy atom. The number of ether oxygens (including phenoxy) is 3. The molecule has 1 heterocycles. The minimum Gasteiger partial charge on any atom is -0.494 e. The van der Waals surface area contributed by atoms with Crippen LogP contribution in [-0.4, -0.2) is 37.8 Å². The average molecular weight is 566 g/mol. The highest BCUT2D eigenvalue weighted by Crippen LogP contribution is 2.34. The molecule has 0 saturated carbocycles. The normalized spacial score (nSPS) is 14.5. The standard InChI is InChI=1S/C32H27N3O5S/c1-38-26-16-10-9-15-25(26)33-32-34-31(37)29(41-32)20-22-17-18-27(28(19-22)39-2)40-21-30(36)35(23-11-5-3-6-12-23)24-13-7-4-8-14-24/h3-20H,21H2,1-2H3,(H,33,34,37). The summed E-state index contributed by atoms with van der Waals surface area (Å²) in [6, 6.07) is 31.4. The van der Waals surface area contributed by atoms with Gasteiger partial charge < -0.3 is 19.5 Å². The van der Waals surface area contributed by atoms with Gasteiger partial charge in [0.2, 0.25) is 0 Å². The van der Waals surface area contributed by atoms with Crippen molar-refractivity contribution in [1.29, 1.82) is 0 Å². The van der Waals surface area contributed by atoms with E-state index in [1.807, 2.05) is 84.9 Å².